The molecule has 176 valence electrons. The van der Waals surface area contributed by atoms with Gasteiger partial charge in [0.2, 0.25) is 5.95 Å². The second-order valence-corrected chi connectivity index (χ2v) is 10.9. The van der Waals surface area contributed by atoms with Crippen molar-refractivity contribution in [1.29, 1.82) is 0 Å². The minimum absolute atomic E-state index is 0.0585. The Morgan fingerprint density at radius 3 is 2.59 bits per heavy atom. The number of carboxylic acids is 1. The quantitative estimate of drug-likeness (QED) is 0.525. The van der Waals surface area contributed by atoms with E-state index in [0.717, 1.165) is 5.69 Å². The van der Waals surface area contributed by atoms with Crippen molar-refractivity contribution >= 4 is 44.9 Å². The molecule has 5 rings (SSSR count). The van der Waals surface area contributed by atoms with Crippen LogP contribution in [0.5, 0.6) is 0 Å². The minimum atomic E-state index is -3.51. The van der Waals surface area contributed by atoms with Crippen LogP contribution in [0.4, 0.5) is 17.5 Å². The zero-order chi connectivity index (χ0) is 23.9. The van der Waals surface area contributed by atoms with E-state index < -0.39 is 15.8 Å². The fraction of sp³-hybridized carbons (Fsp3) is 0.304. The molecule has 0 radical (unpaired) electrons. The predicted octanol–water partition coefficient (Wildman–Crippen LogP) is 3.22. The highest BCUT2D eigenvalue weighted by atomic mass is 35.5. The molecule has 9 nitrogen and oxygen atoms in total. The number of nitrogens with zero attached hydrogens (tertiary/aromatic N) is 4. The summed E-state index contributed by atoms with van der Waals surface area (Å²) in [6.07, 6.45) is 2.63. The van der Waals surface area contributed by atoms with E-state index in [4.69, 9.17) is 16.7 Å². The molecule has 0 spiro atoms. The molecule has 1 saturated heterocycles. The Kier molecular flexibility index (Phi) is 5.86. The molecule has 1 aromatic carbocycles. The number of nitrogens with one attached hydrogen (secondary N) is 1. The number of hydrogen-bond donors (Lipinski definition) is 2. The Hall–Kier alpha value is -3.24. The van der Waals surface area contributed by atoms with E-state index in [9.17, 15) is 13.2 Å². The molecule has 0 saturated carbocycles. The summed E-state index contributed by atoms with van der Waals surface area (Å²) in [6, 6.07) is 10.5. The molecule has 1 fully saturated rings. The number of aryl methyl sites for hydroxylation is 1. The van der Waals surface area contributed by atoms with Gasteiger partial charge >= 0.3 is 5.97 Å². The number of aromatic nitrogens is 3. The van der Waals surface area contributed by atoms with E-state index in [-0.39, 0.29) is 28.8 Å². The lowest BCUT2D eigenvalue weighted by Gasteiger charge is -2.39. The van der Waals surface area contributed by atoms with Crippen LogP contribution in [0.1, 0.15) is 29.3 Å². The van der Waals surface area contributed by atoms with Gasteiger partial charge in [-0.1, -0.05) is 23.7 Å². The number of carbonyl (C=O) groups is 1. The van der Waals surface area contributed by atoms with E-state index >= 15 is 0 Å². The molecule has 2 aromatic heterocycles. The third kappa shape index (κ3) is 4.55. The van der Waals surface area contributed by atoms with E-state index in [1.54, 1.807) is 30.5 Å². The molecule has 3 aromatic rings. The zero-order valence-corrected chi connectivity index (χ0v) is 19.7. The van der Waals surface area contributed by atoms with Gasteiger partial charge in [0.25, 0.3) is 0 Å². The monoisotopic (exact) mass is 499 g/mol. The Morgan fingerprint density at radius 2 is 1.91 bits per heavy atom. The number of fused-ring (bicyclic) bond motifs is 1. The number of sulfone groups is 1. The molecule has 0 amide bonds. The van der Waals surface area contributed by atoms with Gasteiger partial charge in [-0.25, -0.2) is 13.4 Å². The van der Waals surface area contributed by atoms with E-state index in [1.165, 1.54) is 0 Å². The lowest BCUT2D eigenvalue weighted by Crippen LogP contribution is -2.46. The predicted molar refractivity (Wildman–Crippen MR) is 128 cm³/mol. The first-order valence-corrected chi connectivity index (χ1v) is 12.9. The lowest BCUT2D eigenvalue weighted by molar-refractivity contribution is -0.136. The minimum Gasteiger partial charge on any atom is -0.481 e. The van der Waals surface area contributed by atoms with E-state index in [1.807, 2.05) is 17.0 Å². The summed E-state index contributed by atoms with van der Waals surface area (Å²) in [7, 11) is -3.51. The van der Waals surface area contributed by atoms with Gasteiger partial charge < -0.3 is 15.3 Å². The maximum Gasteiger partial charge on any atom is 0.307 e. The van der Waals surface area contributed by atoms with Crippen molar-refractivity contribution in [1.82, 2.24) is 15.0 Å². The van der Waals surface area contributed by atoms with Crippen molar-refractivity contribution in [3.05, 3.63) is 64.6 Å². The molecule has 0 atom stereocenters. The summed E-state index contributed by atoms with van der Waals surface area (Å²) in [5, 5.41) is 12.7. The summed E-state index contributed by atoms with van der Waals surface area (Å²) in [5.41, 5.74) is 2.74. The van der Waals surface area contributed by atoms with Crippen LogP contribution in [-0.4, -0.2) is 53.3 Å². The third-order valence-corrected chi connectivity index (χ3v) is 8.07. The number of pyridine rings is 1. The highest BCUT2D eigenvalue weighted by molar-refractivity contribution is 7.91. The normalized spacial score (nSPS) is 17.0. The maximum atomic E-state index is 12.9. The summed E-state index contributed by atoms with van der Waals surface area (Å²) in [5.74, 6) is 0.0924. The molecule has 0 aliphatic carbocycles. The van der Waals surface area contributed by atoms with Gasteiger partial charge in [-0.3, -0.25) is 9.78 Å². The first-order valence-electron chi connectivity index (χ1n) is 10.9. The summed E-state index contributed by atoms with van der Waals surface area (Å²) in [6.45, 7) is 1.34. The van der Waals surface area contributed by atoms with Crippen LogP contribution in [0, 0.1) is 0 Å². The van der Waals surface area contributed by atoms with Crippen LogP contribution in [0.15, 0.2) is 47.5 Å². The standard InChI is InChI=1S/C23H22ClN5O4S/c24-16-5-8-18(25-11-16)15-12-29(13-15)23-27-19-2-1-9-34(32,33)21(19)22(28-23)26-17-6-3-14(4-7-17)10-20(30)31/h3-8,11,15H,1-2,9-10,12-13H2,(H,30,31)(H,26,27,28). The van der Waals surface area contributed by atoms with Gasteiger partial charge in [0.1, 0.15) is 4.90 Å². The average molecular weight is 500 g/mol. The number of benzene rings is 1. The molecule has 2 aliphatic rings. The highest BCUT2D eigenvalue weighted by Gasteiger charge is 2.35. The smallest absolute Gasteiger partial charge is 0.307 e. The number of anilines is 3. The van der Waals surface area contributed by atoms with Gasteiger partial charge in [0.05, 0.1) is 22.9 Å². The first kappa shape index (κ1) is 22.5. The molecule has 2 N–H and O–H groups in total. The number of halogens is 1. The Labute approximate surface area is 201 Å². The molecule has 11 heteroatoms. The Balaban J connectivity index is 1.43. The number of carboxylic acid groups (broad SMARTS) is 1. The molecular weight excluding hydrogens is 478 g/mol. The van der Waals surface area contributed by atoms with Gasteiger partial charge in [0, 0.05) is 36.6 Å². The Morgan fingerprint density at radius 1 is 1.15 bits per heavy atom. The summed E-state index contributed by atoms with van der Waals surface area (Å²) in [4.78, 5) is 26.7. The Bertz CT molecular complexity index is 1340. The average Bonchev–Trinajstić information content (AvgIpc) is 2.74. The molecule has 0 unspecified atom stereocenters. The van der Waals surface area contributed by atoms with Crippen molar-refractivity contribution in [2.75, 3.05) is 29.1 Å². The molecule has 4 heterocycles. The molecule has 2 aliphatic heterocycles. The van der Waals surface area contributed by atoms with Crippen LogP contribution in [-0.2, 0) is 27.5 Å². The van der Waals surface area contributed by atoms with Gasteiger partial charge in [-0.2, -0.15) is 4.98 Å². The largest absolute Gasteiger partial charge is 0.481 e. The lowest BCUT2D eigenvalue weighted by atomic mass is 9.96. The first-order chi connectivity index (χ1) is 16.3. The van der Waals surface area contributed by atoms with Crippen molar-refractivity contribution in [2.45, 2.75) is 30.1 Å². The van der Waals surface area contributed by atoms with Crippen LogP contribution >= 0.6 is 11.6 Å². The number of hydrogen-bond acceptors (Lipinski definition) is 8. The van der Waals surface area contributed by atoms with Crippen molar-refractivity contribution in [3.8, 4) is 0 Å². The highest BCUT2D eigenvalue weighted by Crippen LogP contribution is 2.36. The molecule has 34 heavy (non-hydrogen) atoms. The maximum absolute atomic E-state index is 12.9. The SMILES string of the molecule is O=C(O)Cc1ccc(Nc2nc(N3CC(c4ccc(Cl)cn4)C3)nc3c2S(=O)(=O)CCC3)cc1. The number of rotatable bonds is 6. The van der Waals surface area contributed by atoms with Crippen molar-refractivity contribution in [3.63, 3.8) is 0 Å². The summed E-state index contributed by atoms with van der Waals surface area (Å²) < 4.78 is 25.7. The second kappa shape index (κ2) is 8.84. The second-order valence-electron chi connectivity index (χ2n) is 8.47. The third-order valence-electron chi connectivity index (χ3n) is 5.97. The molecular formula is C23H22ClN5O4S. The fourth-order valence-corrected chi connectivity index (χ4v) is 5.95. The van der Waals surface area contributed by atoms with Crippen LogP contribution in [0.25, 0.3) is 0 Å². The van der Waals surface area contributed by atoms with Crippen LogP contribution in [0.3, 0.4) is 0 Å². The van der Waals surface area contributed by atoms with Gasteiger partial charge in [0.15, 0.2) is 15.7 Å². The van der Waals surface area contributed by atoms with Crippen molar-refractivity contribution in [2.24, 2.45) is 0 Å². The van der Waals surface area contributed by atoms with Crippen molar-refractivity contribution < 1.29 is 18.3 Å². The van der Waals surface area contributed by atoms with Crippen LogP contribution < -0.4 is 10.2 Å². The van der Waals surface area contributed by atoms with E-state index in [0.29, 0.717) is 53.8 Å². The van der Waals surface area contributed by atoms with E-state index in [2.05, 4.69) is 20.3 Å². The zero-order valence-electron chi connectivity index (χ0n) is 18.1. The van der Waals surface area contributed by atoms with Crippen LogP contribution in [0.2, 0.25) is 5.02 Å². The molecule has 0 bridgehead atoms. The number of aliphatic carboxylic acids is 1. The summed E-state index contributed by atoms with van der Waals surface area (Å²) >= 11 is 5.93. The topological polar surface area (TPSA) is 125 Å². The van der Waals surface area contributed by atoms with Gasteiger partial charge in [-0.15, -0.1) is 0 Å². The van der Waals surface area contributed by atoms with Gasteiger partial charge in [-0.05, 0) is 42.7 Å². The fourth-order valence-electron chi connectivity index (χ4n) is 4.21.